The molecule has 0 bridgehead atoms. The van der Waals surface area contributed by atoms with Gasteiger partial charge >= 0.3 is 5.69 Å². The van der Waals surface area contributed by atoms with Crippen molar-refractivity contribution in [2.24, 2.45) is 0 Å². The predicted octanol–water partition coefficient (Wildman–Crippen LogP) is 1.81. The second-order valence-corrected chi connectivity index (χ2v) is 16.7. The normalized spacial score (nSPS) is 30.1. The molecule has 1 unspecified atom stereocenters. The fourth-order valence-corrected chi connectivity index (χ4v) is 12.4. The fraction of sp³-hybridized carbons (Fsp3) is 0.448. The van der Waals surface area contributed by atoms with Crippen LogP contribution in [-0.2, 0) is 18.5 Å². The van der Waals surface area contributed by atoms with Crippen molar-refractivity contribution in [2.45, 2.75) is 62.1 Å². The Morgan fingerprint density at radius 2 is 1.71 bits per heavy atom. The molecule has 6 rings (SSSR count). The van der Waals surface area contributed by atoms with Crippen LogP contribution < -0.4 is 21.6 Å². The largest absolute Gasteiger partial charge is 0.394 e. The van der Waals surface area contributed by atoms with Crippen LogP contribution in [0.15, 0.2) is 82.5 Å². The molecule has 3 aliphatic rings. The van der Waals surface area contributed by atoms with E-state index in [1.165, 1.54) is 34.3 Å². The Morgan fingerprint density at radius 1 is 1.02 bits per heavy atom. The van der Waals surface area contributed by atoms with E-state index in [1.54, 1.807) is 0 Å². The average Bonchev–Trinajstić information content (AvgIpc) is 3.69. The topological polar surface area (TPSA) is 115 Å². The van der Waals surface area contributed by atoms with Gasteiger partial charge in [-0.05, 0) is 18.9 Å². The van der Waals surface area contributed by atoms with E-state index in [1.807, 2.05) is 0 Å². The summed E-state index contributed by atoms with van der Waals surface area (Å²) in [7, 11) is -2.09. The molecule has 7 atom stereocenters. The highest BCUT2D eigenvalue weighted by Gasteiger charge is 2.54. The summed E-state index contributed by atoms with van der Waals surface area (Å²) in [5, 5.41) is 12.9. The maximum atomic E-state index is 12.5. The first-order valence-corrected chi connectivity index (χ1v) is 17.9. The molecule has 3 saturated heterocycles. The molecule has 12 heteroatoms. The number of nitrogens with zero attached hydrogens (tertiary/aromatic N) is 2. The highest BCUT2D eigenvalue weighted by molar-refractivity contribution is 7.45. The van der Waals surface area contributed by atoms with Crippen molar-refractivity contribution in [3.05, 3.63) is 93.8 Å². The number of ether oxygens (including phenoxy) is 2. The summed E-state index contributed by atoms with van der Waals surface area (Å²) in [5.74, 6) is 0. The molecular weight excluding hydrogens is 561 g/mol. The van der Waals surface area contributed by atoms with Gasteiger partial charge in [0.2, 0.25) is 0 Å². The SMILES string of the molecule is CO[C@H]1C(O[P@]2O[C@H](C[Si](C)(c3ccccc3)c3ccccc3)[C@@H]3CCCN32)[C@@H](CO)O[C@H]1n1ccc(=O)[nH]c1=O. The number of aromatic nitrogens is 2. The van der Waals surface area contributed by atoms with Gasteiger partial charge in [0.1, 0.15) is 26.4 Å². The number of aliphatic hydroxyl groups is 1. The van der Waals surface area contributed by atoms with E-state index < -0.39 is 52.4 Å². The summed E-state index contributed by atoms with van der Waals surface area (Å²) in [4.78, 5) is 26.4. The van der Waals surface area contributed by atoms with Crippen molar-refractivity contribution >= 4 is 27.0 Å². The molecule has 3 fully saturated rings. The number of methoxy groups -OCH3 is 1. The molecule has 0 aliphatic carbocycles. The van der Waals surface area contributed by atoms with Crippen LogP contribution in [0, 0.1) is 0 Å². The van der Waals surface area contributed by atoms with Crippen molar-refractivity contribution in [3.63, 3.8) is 0 Å². The van der Waals surface area contributed by atoms with E-state index in [2.05, 4.69) is 76.9 Å². The zero-order valence-corrected chi connectivity index (χ0v) is 25.1. The molecular formula is C29H36N3O7PSi. The Hall–Kier alpha value is -2.47. The van der Waals surface area contributed by atoms with Crippen molar-refractivity contribution in [1.82, 2.24) is 14.2 Å². The Bertz CT molecular complexity index is 1400. The van der Waals surface area contributed by atoms with E-state index in [4.69, 9.17) is 18.5 Å². The minimum Gasteiger partial charge on any atom is -0.394 e. The molecule has 2 aromatic carbocycles. The number of aromatic amines is 1. The number of rotatable bonds is 9. The van der Waals surface area contributed by atoms with Crippen LogP contribution in [0.2, 0.25) is 12.6 Å². The summed E-state index contributed by atoms with van der Waals surface area (Å²) in [5.41, 5.74) is -1.12. The molecule has 3 aromatic rings. The molecule has 1 aromatic heterocycles. The Labute approximate surface area is 240 Å². The van der Waals surface area contributed by atoms with E-state index in [0.717, 1.165) is 25.4 Å². The number of nitrogens with one attached hydrogen (secondary N) is 1. The first-order valence-electron chi connectivity index (χ1n) is 14.0. The van der Waals surface area contributed by atoms with Crippen molar-refractivity contribution in [1.29, 1.82) is 0 Å². The van der Waals surface area contributed by atoms with Crippen LogP contribution in [0.1, 0.15) is 19.1 Å². The second kappa shape index (κ2) is 12.0. The van der Waals surface area contributed by atoms with Crippen LogP contribution in [0.5, 0.6) is 0 Å². The molecule has 2 N–H and O–H groups in total. The van der Waals surface area contributed by atoms with E-state index in [9.17, 15) is 14.7 Å². The van der Waals surface area contributed by atoms with E-state index in [0.29, 0.717) is 0 Å². The zero-order chi connectivity index (χ0) is 28.6. The minimum absolute atomic E-state index is 0.00537. The number of fused-ring (bicyclic) bond motifs is 1. The number of hydrogen-bond donors (Lipinski definition) is 2. The minimum atomic E-state index is -2.16. The highest BCUT2D eigenvalue weighted by Crippen LogP contribution is 2.59. The first-order chi connectivity index (χ1) is 19.9. The van der Waals surface area contributed by atoms with Gasteiger partial charge in [-0.2, -0.15) is 0 Å². The number of aliphatic hydroxyl groups excluding tert-OH is 1. The van der Waals surface area contributed by atoms with Crippen LogP contribution >= 0.6 is 8.53 Å². The van der Waals surface area contributed by atoms with Crippen molar-refractivity contribution < 1.29 is 23.6 Å². The van der Waals surface area contributed by atoms with Crippen LogP contribution in [0.3, 0.4) is 0 Å². The molecule has 10 nitrogen and oxygen atoms in total. The van der Waals surface area contributed by atoms with Crippen LogP contribution in [0.25, 0.3) is 0 Å². The first kappa shape index (κ1) is 28.6. The van der Waals surface area contributed by atoms with Crippen molar-refractivity contribution in [2.75, 3.05) is 20.3 Å². The van der Waals surface area contributed by atoms with Gasteiger partial charge in [-0.3, -0.25) is 14.3 Å². The summed E-state index contributed by atoms with van der Waals surface area (Å²) < 4.78 is 28.9. The third-order valence-electron chi connectivity index (χ3n) is 8.64. The fourth-order valence-electron chi connectivity index (χ4n) is 6.47. The summed E-state index contributed by atoms with van der Waals surface area (Å²) in [6.45, 7) is 2.98. The lowest BCUT2D eigenvalue weighted by atomic mass is 10.1. The number of hydrogen-bond acceptors (Lipinski definition) is 8. The summed E-state index contributed by atoms with van der Waals surface area (Å²) >= 11 is 0. The predicted molar refractivity (Wildman–Crippen MR) is 158 cm³/mol. The van der Waals surface area contributed by atoms with E-state index >= 15 is 0 Å². The van der Waals surface area contributed by atoms with Gasteiger partial charge in [-0.15, -0.1) is 0 Å². The summed E-state index contributed by atoms with van der Waals surface area (Å²) in [6, 6.07) is 23.9. The molecule has 0 spiro atoms. The molecule has 41 heavy (non-hydrogen) atoms. The van der Waals surface area contributed by atoms with E-state index in [-0.39, 0.29) is 18.8 Å². The lowest BCUT2D eigenvalue weighted by Gasteiger charge is -2.32. The zero-order valence-electron chi connectivity index (χ0n) is 23.2. The average molecular weight is 598 g/mol. The van der Waals surface area contributed by atoms with Crippen molar-refractivity contribution in [3.8, 4) is 0 Å². The Morgan fingerprint density at radius 3 is 2.32 bits per heavy atom. The third kappa shape index (κ3) is 5.41. The highest BCUT2D eigenvalue weighted by atomic mass is 31.2. The Balaban J connectivity index is 1.26. The molecule has 0 radical (unpaired) electrons. The standard InChI is InChI=1S/C29H36N3O7PSi/c1-36-27-26(23(18-33)37-28(27)31-17-15-25(34)30-29(31)35)39-40-32-16-9-14-22(32)24(38-40)19-41(2,20-10-5-3-6-11-20)21-12-7-4-8-13-21/h3-8,10-13,15,17,22-24,26-28,33H,9,14,16,18-19H2,1-2H3,(H,30,34,35)/t22-,23+,24+,26?,27-,28+,40-/m0/s1. The lowest BCUT2D eigenvalue weighted by Crippen LogP contribution is -2.58. The molecule has 218 valence electrons. The number of benzene rings is 2. The maximum absolute atomic E-state index is 12.5. The second-order valence-electron chi connectivity index (χ2n) is 11.1. The lowest BCUT2D eigenvalue weighted by molar-refractivity contribution is -0.0625. The van der Waals surface area contributed by atoms with Gasteiger partial charge in [0, 0.05) is 32.0 Å². The van der Waals surface area contributed by atoms with Gasteiger partial charge in [-0.25, -0.2) is 9.46 Å². The van der Waals surface area contributed by atoms with Gasteiger partial charge in [0.25, 0.3) is 14.1 Å². The summed E-state index contributed by atoms with van der Waals surface area (Å²) in [6.07, 6.45) is 0.488. The third-order valence-corrected chi connectivity index (χ3v) is 14.9. The quantitative estimate of drug-likeness (QED) is 0.284. The molecule has 0 saturated carbocycles. The molecule has 3 aliphatic heterocycles. The van der Waals surface area contributed by atoms with Gasteiger partial charge in [0.05, 0.1) is 12.7 Å². The number of H-pyrrole nitrogens is 1. The molecule has 4 heterocycles. The van der Waals surface area contributed by atoms with Gasteiger partial charge in [0.15, 0.2) is 6.23 Å². The Kier molecular flexibility index (Phi) is 8.40. The van der Waals surface area contributed by atoms with Crippen LogP contribution in [-0.4, -0.2) is 78.1 Å². The smallest absolute Gasteiger partial charge is 0.330 e. The molecule has 0 amide bonds. The van der Waals surface area contributed by atoms with Crippen LogP contribution in [0.4, 0.5) is 0 Å². The van der Waals surface area contributed by atoms with Gasteiger partial charge < -0.3 is 23.6 Å². The monoisotopic (exact) mass is 597 g/mol. The van der Waals surface area contributed by atoms with Gasteiger partial charge in [-0.1, -0.05) is 77.6 Å². The maximum Gasteiger partial charge on any atom is 0.330 e.